The quantitative estimate of drug-likeness (QED) is 0.391. The van der Waals surface area contributed by atoms with E-state index in [-0.39, 0.29) is 12.6 Å². The topological polar surface area (TPSA) is 99.9 Å². The van der Waals surface area contributed by atoms with Gasteiger partial charge in [0.1, 0.15) is 0 Å². The van der Waals surface area contributed by atoms with Crippen molar-refractivity contribution < 1.29 is 18.3 Å². The zero-order valence-corrected chi connectivity index (χ0v) is 26.1. The number of fused-ring (bicyclic) bond motifs is 2. The summed E-state index contributed by atoms with van der Waals surface area (Å²) in [6.07, 6.45) is 3.65. The first-order chi connectivity index (χ1) is 20.8. The Bertz CT molecular complexity index is 1660. The fraction of sp³-hybridized carbons (Fsp3) is 0.469. The fourth-order valence-electron chi connectivity index (χ4n) is 6.13. The first kappa shape index (κ1) is 30.3. The van der Waals surface area contributed by atoms with E-state index in [2.05, 4.69) is 38.9 Å². The van der Waals surface area contributed by atoms with Crippen LogP contribution in [0.1, 0.15) is 39.9 Å². The largest absolute Gasteiger partial charge is 0.395 e. The molecule has 6 rings (SSSR count). The highest BCUT2D eigenvalue weighted by atomic mass is 35.5. The average molecular weight is 624 g/mol. The Balaban J connectivity index is 1.28. The Morgan fingerprint density at radius 2 is 1.93 bits per heavy atom. The maximum Gasteiger partial charge on any atom is 0.211 e. The van der Waals surface area contributed by atoms with E-state index >= 15 is 0 Å². The minimum absolute atomic E-state index is 0.0921. The van der Waals surface area contributed by atoms with Gasteiger partial charge in [0, 0.05) is 86.2 Å². The molecule has 2 aromatic carbocycles. The van der Waals surface area contributed by atoms with E-state index in [1.807, 2.05) is 24.3 Å². The van der Waals surface area contributed by atoms with Crippen molar-refractivity contribution >= 4 is 21.6 Å². The summed E-state index contributed by atoms with van der Waals surface area (Å²) in [6.45, 7) is 6.79. The Morgan fingerprint density at radius 1 is 1.09 bits per heavy atom. The summed E-state index contributed by atoms with van der Waals surface area (Å²) in [6, 6.07) is 12.0. The predicted octanol–water partition coefficient (Wildman–Crippen LogP) is 2.65. The van der Waals surface area contributed by atoms with E-state index < -0.39 is 10.0 Å². The van der Waals surface area contributed by atoms with E-state index in [1.54, 1.807) is 0 Å². The number of ether oxygens (including phenoxy) is 1. The highest BCUT2D eigenvalue weighted by Crippen LogP contribution is 2.33. The number of hydrogen-bond acceptors (Lipinski definition) is 7. The van der Waals surface area contributed by atoms with Gasteiger partial charge in [0.15, 0.2) is 0 Å². The molecule has 43 heavy (non-hydrogen) atoms. The molecule has 3 aliphatic heterocycles. The Kier molecular flexibility index (Phi) is 9.21. The van der Waals surface area contributed by atoms with Gasteiger partial charge in [-0.1, -0.05) is 35.6 Å². The molecule has 0 aliphatic carbocycles. The van der Waals surface area contributed by atoms with Crippen molar-refractivity contribution in [2.24, 2.45) is 0 Å². The number of aliphatic hydroxyl groups excluding tert-OH is 1. The molecule has 11 heteroatoms. The van der Waals surface area contributed by atoms with Crippen molar-refractivity contribution in [1.29, 1.82) is 0 Å². The van der Waals surface area contributed by atoms with Crippen LogP contribution in [0.15, 0.2) is 36.4 Å². The summed E-state index contributed by atoms with van der Waals surface area (Å²) < 4.78 is 34.0. The normalized spacial score (nSPS) is 19.4. The fourth-order valence-corrected chi connectivity index (χ4v) is 7.08. The second kappa shape index (κ2) is 13.1. The molecule has 9 nitrogen and oxygen atoms in total. The standard InChI is InChI=1S/C32H38ClN5O4S/c1-43(40,41)37-12-9-31-29(21-37)32(35-38(31)11-2-10-36-13-15-42-16-14-36)26-7-8-30(33)25(18-26)6-4-23-3-5-24-19-28(22-39)34-20-27(24)17-23/h3,5,7-8,17-18,28,34,39H,2,9-16,19-22H2,1H3/t28-/m1/s1. The molecule has 0 unspecified atom stereocenters. The first-order valence-electron chi connectivity index (χ1n) is 14.9. The monoisotopic (exact) mass is 623 g/mol. The average Bonchev–Trinajstić information content (AvgIpc) is 3.38. The van der Waals surface area contributed by atoms with Crippen LogP contribution in [0.2, 0.25) is 5.02 Å². The van der Waals surface area contributed by atoms with Crippen LogP contribution in [0.25, 0.3) is 11.3 Å². The van der Waals surface area contributed by atoms with Gasteiger partial charge in [0.05, 0.1) is 36.8 Å². The molecule has 0 radical (unpaired) electrons. The molecule has 2 N–H and O–H groups in total. The number of halogens is 1. The zero-order valence-electron chi connectivity index (χ0n) is 24.5. The minimum atomic E-state index is -3.34. The van der Waals surface area contributed by atoms with Gasteiger partial charge in [-0.3, -0.25) is 9.58 Å². The van der Waals surface area contributed by atoms with Crippen molar-refractivity contribution in [3.63, 3.8) is 0 Å². The van der Waals surface area contributed by atoms with Gasteiger partial charge in [-0.25, -0.2) is 8.42 Å². The third-order valence-electron chi connectivity index (χ3n) is 8.57. The number of nitrogens with zero attached hydrogens (tertiary/aromatic N) is 4. The minimum Gasteiger partial charge on any atom is -0.395 e. The smallest absolute Gasteiger partial charge is 0.211 e. The van der Waals surface area contributed by atoms with Gasteiger partial charge >= 0.3 is 0 Å². The number of aryl methyl sites for hydroxylation is 1. The van der Waals surface area contributed by atoms with Gasteiger partial charge in [0.2, 0.25) is 10.0 Å². The van der Waals surface area contributed by atoms with Crippen LogP contribution in [0.5, 0.6) is 0 Å². The van der Waals surface area contributed by atoms with Crippen LogP contribution in [0.4, 0.5) is 0 Å². The SMILES string of the molecule is CS(=O)(=O)N1CCc2c(c(-c3ccc(Cl)c(C#Cc4ccc5c(c4)CN[C@@H](CO)C5)c3)nn2CCCN2CCOCC2)C1. The molecule has 0 bridgehead atoms. The van der Waals surface area contributed by atoms with Gasteiger partial charge in [-0.15, -0.1) is 0 Å². The lowest BCUT2D eigenvalue weighted by atomic mass is 9.94. The summed E-state index contributed by atoms with van der Waals surface area (Å²) in [5.41, 5.74) is 7.73. The van der Waals surface area contributed by atoms with Crippen molar-refractivity contribution in [3.8, 4) is 23.1 Å². The van der Waals surface area contributed by atoms with Crippen LogP contribution in [0.3, 0.4) is 0 Å². The van der Waals surface area contributed by atoms with E-state index in [1.165, 1.54) is 21.7 Å². The van der Waals surface area contributed by atoms with Gasteiger partial charge in [-0.2, -0.15) is 9.40 Å². The lowest BCUT2D eigenvalue weighted by Gasteiger charge is -2.27. The highest BCUT2D eigenvalue weighted by Gasteiger charge is 2.30. The Morgan fingerprint density at radius 3 is 2.72 bits per heavy atom. The molecule has 1 aromatic heterocycles. The second-order valence-electron chi connectivity index (χ2n) is 11.5. The van der Waals surface area contributed by atoms with Crippen molar-refractivity contribution in [2.75, 3.05) is 52.3 Å². The number of hydrogen-bond donors (Lipinski definition) is 2. The highest BCUT2D eigenvalue weighted by molar-refractivity contribution is 7.88. The maximum absolute atomic E-state index is 12.5. The summed E-state index contributed by atoms with van der Waals surface area (Å²) in [7, 11) is -3.34. The van der Waals surface area contributed by atoms with Crippen molar-refractivity contribution in [3.05, 3.63) is 74.9 Å². The van der Waals surface area contributed by atoms with Gasteiger partial charge in [0.25, 0.3) is 0 Å². The third-order valence-corrected chi connectivity index (χ3v) is 10.2. The zero-order chi connectivity index (χ0) is 30.0. The van der Waals surface area contributed by atoms with Crippen LogP contribution in [0, 0.1) is 11.8 Å². The number of aromatic nitrogens is 2. The molecule has 3 aromatic rings. The lowest BCUT2D eigenvalue weighted by Crippen LogP contribution is -2.38. The van der Waals surface area contributed by atoms with E-state index in [9.17, 15) is 13.5 Å². The molecule has 0 spiro atoms. The molecule has 3 aliphatic rings. The summed E-state index contributed by atoms with van der Waals surface area (Å²) in [5.74, 6) is 6.53. The van der Waals surface area contributed by atoms with Crippen molar-refractivity contribution in [2.45, 2.75) is 44.9 Å². The molecule has 1 saturated heterocycles. The third kappa shape index (κ3) is 6.99. The summed E-state index contributed by atoms with van der Waals surface area (Å²) in [4.78, 5) is 2.42. The van der Waals surface area contributed by atoms with Crippen LogP contribution in [-0.4, -0.2) is 90.8 Å². The molecular weight excluding hydrogens is 586 g/mol. The molecular formula is C32H38ClN5O4S. The van der Waals surface area contributed by atoms with E-state index in [0.717, 1.165) is 80.3 Å². The van der Waals surface area contributed by atoms with Crippen molar-refractivity contribution in [1.82, 2.24) is 24.3 Å². The summed E-state index contributed by atoms with van der Waals surface area (Å²) in [5, 5.41) is 18.4. The molecule has 1 atom stereocenters. The molecule has 228 valence electrons. The van der Waals surface area contributed by atoms with E-state index in [0.29, 0.717) is 36.6 Å². The van der Waals surface area contributed by atoms with Gasteiger partial charge in [-0.05, 0) is 48.2 Å². The molecule has 0 saturated carbocycles. The number of sulfonamides is 1. The van der Waals surface area contributed by atoms with E-state index in [4.69, 9.17) is 21.4 Å². The number of rotatable bonds is 7. The molecule has 0 amide bonds. The summed E-state index contributed by atoms with van der Waals surface area (Å²) >= 11 is 6.61. The maximum atomic E-state index is 12.5. The molecule has 4 heterocycles. The van der Waals surface area contributed by atoms with Gasteiger partial charge < -0.3 is 15.2 Å². The number of nitrogens with one attached hydrogen (secondary N) is 1. The first-order valence-corrected chi connectivity index (χ1v) is 17.1. The van der Waals surface area contributed by atoms with Crippen LogP contribution < -0.4 is 5.32 Å². The van der Waals surface area contributed by atoms with Crippen LogP contribution in [-0.2, 0) is 47.2 Å². The Labute approximate surface area is 258 Å². The second-order valence-corrected chi connectivity index (χ2v) is 13.9. The number of benzene rings is 2. The van der Waals surface area contributed by atoms with Crippen LogP contribution >= 0.6 is 11.6 Å². The number of aliphatic hydroxyl groups is 1. The predicted molar refractivity (Wildman–Crippen MR) is 167 cm³/mol. The lowest BCUT2D eigenvalue weighted by molar-refractivity contribution is 0.0368. The number of morpholine rings is 1. The molecule has 1 fully saturated rings. The Hall–Kier alpha value is -2.75.